The second-order valence-corrected chi connectivity index (χ2v) is 3.50. The zero-order valence-electron chi connectivity index (χ0n) is 7.25. The van der Waals surface area contributed by atoms with Crippen LogP contribution in [0.25, 0.3) is 0 Å². The molecule has 1 aliphatic rings. The summed E-state index contributed by atoms with van der Waals surface area (Å²) in [6.07, 6.45) is 6.02. The lowest BCUT2D eigenvalue weighted by molar-refractivity contribution is 0.0488. The van der Waals surface area contributed by atoms with Crippen LogP contribution in [0.3, 0.4) is 0 Å². The first-order valence-electron chi connectivity index (χ1n) is 4.50. The summed E-state index contributed by atoms with van der Waals surface area (Å²) in [6.45, 7) is 0.497. The number of rotatable bonds is 4. The molecular weight excluding hydrogens is 140 g/mol. The maximum atomic E-state index is 9.38. The van der Waals surface area contributed by atoms with Gasteiger partial charge in [-0.05, 0) is 12.3 Å². The normalized spacial score (nSPS) is 22.4. The first-order valence-corrected chi connectivity index (χ1v) is 4.50. The Balaban J connectivity index is 2.08. The predicted octanol–water partition coefficient (Wildman–Crippen LogP) is 1.57. The molecule has 0 bridgehead atoms. The van der Waals surface area contributed by atoms with Crippen LogP contribution < -0.4 is 0 Å². The molecule has 1 aliphatic carbocycles. The molecule has 11 heavy (non-hydrogen) atoms. The summed E-state index contributed by atoms with van der Waals surface area (Å²) < 4.78 is 4.86. The molecular formula is C9H18O2. The predicted molar refractivity (Wildman–Crippen MR) is 44.5 cm³/mol. The van der Waals surface area contributed by atoms with Crippen LogP contribution >= 0.6 is 0 Å². The van der Waals surface area contributed by atoms with Crippen LogP contribution in [0.4, 0.5) is 0 Å². The van der Waals surface area contributed by atoms with Crippen LogP contribution in [0.2, 0.25) is 0 Å². The van der Waals surface area contributed by atoms with Gasteiger partial charge in [-0.1, -0.05) is 25.7 Å². The maximum absolute atomic E-state index is 9.38. The molecule has 0 heterocycles. The Morgan fingerprint density at radius 2 is 2.09 bits per heavy atom. The Hall–Kier alpha value is -0.0800. The molecule has 1 fully saturated rings. The van der Waals surface area contributed by atoms with E-state index in [1.54, 1.807) is 7.11 Å². The highest BCUT2D eigenvalue weighted by atomic mass is 16.5. The second-order valence-electron chi connectivity index (χ2n) is 3.50. The summed E-state index contributed by atoms with van der Waals surface area (Å²) in [5.41, 5.74) is 0. The van der Waals surface area contributed by atoms with E-state index in [1.807, 2.05) is 0 Å². The van der Waals surface area contributed by atoms with E-state index in [4.69, 9.17) is 4.74 Å². The summed E-state index contributed by atoms with van der Waals surface area (Å²) in [5.74, 6) is 0.764. The van der Waals surface area contributed by atoms with Gasteiger partial charge in [0.25, 0.3) is 0 Å². The van der Waals surface area contributed by atoms with E-state index in [0.29, 0.717) is 6.61 Å². The fraction of sp³-hybridized carbons (Fsp3) is 1.00. The summed E-state index contributed by atoms with van der Waals surface area (Å²) in [5, 5.41) is 9.38. The minimum Gasteiger partial charge on any atom is -0.391 e. The summed E-state index contributed by atoms with van der Waals surface area (Å²) in [6, 6.07) is 0. The lowest BCUT2D eigenvalue weighted by Gasteiger charge is -2.13. The molecule has 0 saturated heterocycles. The monoisotopic (exact) mass is 158 g/mol. The Morgan fingerprint density at radius 3 is 2.64 bits per heavy atom. The van der Waals surface area contributed by atoms with E-state index in [9.17, 15) is 5.11 Å². The van der Waals surface area contributed by atoms with Crippen molar-refractivity contribution in [2.45, 2.75) is 38.2 Å². The topological polar surface area (TPSA) is 29.5 Å². The molecule has 2 heteroatoms. The van der Waals surface area contributed by atoms with E-state index in [2.05, 4.69) is 0 Å². The average molecular weight is 158 g/mol. The number of aliphatic hydroxyl groups is 1. The van der Waals surface area contributed by atoms with E-state index < -0.39 is 0 Å². The Morgan fingerprint density at radius 1 is 1.45 bits per heavy atom. The fourth-order valence-corrected chi connectivity index (χ4v) is 1.89. The smallest absolute Gasteiger partial charge is 0.0776 e. The van der Waals surface area contributed by atoms with Crippen LogP contribution in [0.15, 0.2) is 0 Å². The van der Waals surface area contributed by atoms with Crippen molar-refractivity contribution in [3.05, 3.63) is 0 Å². The Kier molecular flexibility index (Phi) is 3.87. The zero-order chi connectivity index (χ0) is 8.10. The van der Waals surface area contributed by atoms with Gasteiger partial charge < -0.3 is 9.84 Å². The molecule has 0 aromatic heterocycles. The molecule has 2 nitrogen and oxygen atoms in total. The van der Waals surface area contributed by atoms with Crippen molar-refractivity contribution in [2.75, 3.05) is 13.7 Å². The standard InChI is InChI=1S/C9H18O2/c1-11-7-9(10)6-8-4-2-3-5-8/h8-10H,2-7H2,1H3. The maximum Gasteiger partial charge on any atom is 0.0776 e. The number of aliphatic hydroxyl groups excluding tert-OH is 1. The molecule has 0 aromatic rings. The van der Waals surface area contributed by atoms with E-state index >= 15 is 0 Å². The van der Waals surface area contributed by atoms with Crippen molar-refractivity contribution < 1.29 is 9.84 Å². The van der Waals surface area contributed by atoms with Gasteiger partial charge in [-0.3, -0.25) is 0 Å². The lowest BCUT2D eigenvalue weighted by atomic mass is 10.0. The van der Waals surface area contributed by atoms with E-state index in [1.165, 1.54) is 25.7 Å². The van der Waals surface area contributed by atoms with E-state index in [0.717, 1.165) is 12.3 Å². The van der Waals surface area contributed by atoms with Gasteiger partial charge in [0.05, 0.1) is 12.7 Å². The highest BCUT2D eigenvalue weighted by Crippen LogP contribution is 2.28. The molecule has 0 amide bonds. The number of hydrogen-bond donors (Lipinski definition) is 1. The number of hydrogen-bond acceptors (Lipinski definition) is 2. The van der Waals surface area contributed by atoms with E-state index in [-0.39, 0.29) is 6.10 Å². The second kappa shape index (κ2) is 4.73. The van der Waals surface area contributed by atoms with Crippen LogP contribution in [0.5, 0.6) is 0 Å². The van der Waals surface area contributed by atoms with Crippen LogP contribution in [0.1, 0.15) is 32.1 Å². The van der Waals surface area contributed by atoms with Gasteiger partial charge in [-0.25, -0.2) is 0 Å². The van der Waals surface area contributed by atoms with Crippen LogP contribution in [-0.4, -0.2) is 24.9 Å². The molecule has 1 N–H and O–H groups in total. The highest BCUT2D eigenvalue weighted by molar-refractivity contribution is 4.70. The number of ether oxygens (including phenoxy) is 1. The molecule has 1 rings (SSSR count). The Labute approximate surface area is 68.6 Å². The Bertz CT molecular complexity index is 97.7. The molecule has 0 aromatic carbocycles. The zero-order valence-corrected chi connectivity index (χ0v) is 7.25. The SMILES string of the molecule is COCC(O)CC1CCCC1. The van der Waals surface area contributed by atoms with Crippen LogP contribution in [-0.2, 0) is 4.74 Å². The molecule has 1 unspecified atom stereocenters. The molecule has 66 valence electrons. The minimum atomic E-state index is -0.233. The quantitative estimate of drug-likeness (QED) is 0.673. The molecule has 0 aliphatic heterocycles. The van der Waals surface area contributed by atoms with Crippen molar-refractivity contribution in [3.8, 4) is 0 Å². The molecule has 0 radical (unpaired) electrons. The molecule has 1 atom stereocenters. The van der Waals surface area contributed by atoms with Gasteiger partial charge in [-0.2, -0.15) is 0 Å². The van der Waals surface area contributed by atoms with Gasteiger partial charge in [0.2, 0.25) is 0 Å². The first kappa shape index (κ1) is 9.01. The minimum absolute atomic E-state index is 0.233. The van der Waals surface area contributed by atoms with Crippen molar-refractivity contribution in [3.63, 3.8) is 0 Å². The number of methoxy groups -OCH3 is 1. The highest BCUT2D eigenvalue weighted by Gasteiger charge is 2.18. The van der Waals surface area contributed by atoms with Gasteiger partial charge >= 0.3 is 0 Å². The first-order chi connectivity index (χ1) is 5.33. The van der Waals surface area contributed by atoms with Crippen molar-refractivity contribution in [1.82, 2.24) is 0 Å². The largest absolute Gasteiger partial charge is 0.391 e. The summed E-state index contributed by atoms with van der Waals surface area (Å²) >= 11 is 0. The summed E-state index contributed by atoms with van der Waals surface area (Å²) in [4.78, 5) is 0. The third-order valence-electron chi connectivity index (χ3n) is 2.44. The van der Waals surface area contributed by atoms with Gasteiger partial charge in [0, 0.05) is 7.11 Å². The third-order valence-corrected chi connectivity index (χ3v) is 2.44. The average Bonchev–Trinajstić information content (AvgIpc) is 2.40. The molecule has 1 saturated carbocycles. The van der Waals surface area contributed by atoms with Crippen molar-refractivity contribution >= 4 is 0 Å². The van der Waals surface area contributed by atoms with Crippen LogP contribution in [0, 0.1) is 5.92 Å². The third kappa shape index (κ3) is 3.21. The van der Waals surface area contributed by atoms with Gasteiger partial charge in [0.1, 0.15) is 0 Å². The van der Waals surface area contributed by atoms with Crippen molar-refractivity contribution in [2.24, 2.45) is 5.92 Å². The molecule has 0 spiro atoms. The summed E-state index contributed by atoms with van der Waals surface area (Å²) in [7, 11) is 1.64. The van der Waals surface area contributed by atoms with Gasteiger partial charge in [0.15, 0.2) is 0 Å². The van der Waals surface area contributed by atoms with Crippen molar-refractivity contribution in [1.29, 1.82) is 0 Å². The fourth-order valence-electron chi connectivity index (χ4n) is 1.89. The van der Waals surface area contributed by atoms with Gasteiger partial charge in [-0.15, -0.1) is 0 Å². The lowest BCUT2D eigenvalue weighted by Crippen LogP contribution is -2.17.